The fourth-order valence-electron chi connectivity index (χ4n) is 2.84. The summed E-state index contributed by atoms with van der Waals surface area (Å²) < 4.78 is 5.32. The Bertz CT molecular complexity index is 312. The minimum atomic E-state index is -0.797. The Balaban J connectivity index is 1.95. The van der Waals surface area contributed by atoms with Gasteiger partial charge in [-0.2, -0.15) is 0 Å². The highest BCUT2D eigenvalue weighted by Gasteiger charge is 2.33. The first kappa shape index (κ1) is 13.3. The number of carbonyl (C=O) groups is 2. The van der Waals surface area contributed by atoms with Crippen LogP contribution in [0.3, 0.4) is 0 Å². The molecule has 0 aromatic carbocycles. The molecule has 3 atom stereocenters. The topological polar surface area (TPSA) is 75.6 Å². The standard InChI is InChI=1S/C13H21NO4/c15-12(11-7-4-8-18-11)14-10-6-3-1-2-5-9(10)13(16)17/h9-11H,1-8H2,(H,14,15)(H,16,17)/t9-,10+,11+/m0/s1. The number of ether oxygens (including phenoxy) is 1. The molecule has 0 aromatic heterocycles. The van der Waals surface area contributed by atoms with Gasteiger partial charge in [0.1, 0.15) is 6.10 Å². The number of hydrogen-bond donors (Lipinski definition) is 2. The van der Waals surface area contributed by atoms with E-state index in [4.69, 9.17) is 4.74 Å². The molecular formula is C13H21NO4. The van der Waals surface area contributed by atoms with Crippen LogP contribution >= 0.6 is 0 Å². The van der Waals surface area contributed by atoms with Crippen LogP contribution in [-0.4, -0.2) is 35.7 Å². The van der Waals surface area contributed by atoms with Crippen molar-refractivity contribution in [2.24, 2.45) is 5.92 Å². The summed E-state index contributed by atoms with van der Waals surface area (Å²) in [4.78, 5) is 23.2. The van der Waals surface area contributed by atoms with Gasteiger partial charge in [-0.25, -0.2) is 0 Å². The quantitative estimate of drug-likeness (QED) is 0.746. The van der Waals surface area contributed by atoms with Gasteiger partial charge in [0.15, 0.2) is 0 Å². The van der Waals surface area contributed by atoms with E-state index in [2.05, 4.69) is 5.32 Å². The van der Waals surface area contributed by atoms with Crippen LogP contribution < -0.4 is 5.32 Å². The lowest BCUT2D eigenvalue weighted by atomic mass is 9.94. The number of carboxylic acid groups (broad SMARTS) is 1. The smallest absolute Gasteiger partial charge is 0.308 e. The number of nitrogens with one attached hydrogen (secondary N) is 1. The summed E-state index contributed by atoms with van der Waals surface area (Å²) in [6, 6.07) is -0.235. The van der Waals surface area contributed by atoms with Crippen LogP contribution in [0.25, 0.3) is 0 Å². The fourth-order valence-corrected chi connectivity index (χ4v) is 2.84. The zero-order chi connectivity index (χ0) is 13.0. The van der Waals surface area contributed by atoms with E-state index in [9.17, 15) is 14.7 Å². The maximum atomic E-state index is 12.0. The molecule has 2 N–H and O–H groups in total. The number of aliphatic carboxylic acids is 1. The summed E-state index contributed by atoms with van der Waals surface area (Å²) in [5, 5.41) is 12.1. The van der Waals surface area contributed by atoms with Gasteiger partial charge in [0.05, 0.1) is 5.92 Å². The number of hydrogen-bond acceptors (Lipinski definition) is 3. The van der Waals surface area contributed by atoms with Crippen molar-refractivity contribution in [2.75, 3.05) is 6.61 Å². The minimum Gasteiger partial charge on any atom is -0.481 e. The normalized spacial score (nSPS) is 32.8. The molecule has 1 aliphatic carbocycles. The van der Waals surface area contributed by atoms with Crippen molar-refractivity contribution in [1.82, 2.24) is 5.32 Å². The second-order valence-electron chi connectivity index (χ2n) is 5.20. The molecule has 1 amide bonds. The van der Waals surface area contributed by atoms with E-state index in [0.717, 1.165) is 38.5 Å². The molecule has 0 bridgehead atoms. The maximum absolute atomic E-state index is 12.0. The Labute approximate surface area is 107 Å². The molecule has 1 heterocycles. The highest BCUT2D eigenvalue weighted by atomic mass is 16.5. The molecule has 1 saturated carbocycles. The van der Waals surface area contributed by atoms with Crippen molar-refractivity contribution < 1.29 is 19.4 Å². The maximum Gasteiger partial charge on any atom is 0.308 e. The summed E-state index contributed by atoms with van der Waals surface area (Å²) >= 11 is 0. The molecule has 18 heavy (non-hydrogen) atoms. The van der Waals surface area contributed by atoms with Crippen molar-refractivity contribution in [3.05, 3.63) is 0 Å². The van der Waals surface area contributed by atoms with Crippen LogP contribution in [0.15, 0.2) is 0 Å². The summed E-state index contributed by atoms with van der Waals surface area (Å²) in [6.07, 6.45) is 5.67. The summed E-state index contributed by atoms with van der Waals surface area (Å²) in [5.74, 6) is -1.38. The molecule has 0 unspecified atom stereocenters. The number of amides is 1. The Morgan fingerprint density at radius 2 is 1.83 bits per heavy atom. The Kier molecular flexibility index (Phi) is 4.58. The zero-order valence-electron chi connectivity index (χ0n) is 10.6. The first-order valence-corrected chi connectivity index (χ1v) is 6.83. The average molecular weight is 255 g/mol. The predicted octanol–water partition coefficient (Wildman–Crippen LogP) is 1.32. The van der Waals surface area contributed by atoms with Crippen molar-refractivity contribution in [3.63, 3.8) is 0 Å². The largest absolute Gasteiger partial charge is 0.481 e. The second-order valence-corrected chi connectivity index (χ2v) is 5.20. The molecule has 0 aromatic rings. The first-order valence-electron chi connectivity index (χ1n) is 6.83. The van der Waals surface area contributed by atoms with Crippen LogP contribution in [0, 0.1) is 5.92 Å². The van der Waals surface area contributed by atoms with Gasteiger partial charge < -0.3 is 15.2 Å². The third kappa shape index (κ3) is 3.22. The highest BCUT2D eigenvalue weighted by molar-refractivity contribution is 5.82. The molecule has 1 aliphatic heterocycles. The van der Waals surface area contributed by atoms with Gasteiger partial charge in [-0.15, -0.1) is 0 Å². The Morgan fingerprint density at radius 1 is 1.06 bits per heavy atom. The fraction of sp³-hybridized carbons (Fsp3) is 0.846. The van der Waals surface area contributed by atoms with Gasteiger partial charge in [-0.1, -0.05) is 19.3 Å². The van der Waals surface area contributed by atoms with Crippen LogP contribution in [0.5, 0.6) is 0 Å². The molecule has 2 fully saturated rings. The van der Waals surface area contributed by atoms with Gasteiger partial charge in [-0.3, -0.25) is 9.59 Å². The summed E-state index contributed by atoms with van der Waals surface area (Å²) in [5.41, 5.74) is 0. The van der Waals surface area contributed by atoms with E-state index in [0.29, 0.717) is 13.0 Å². The number of rotatable bonds is 3. The lowest BCUT2D eigenvalue weighted by Gasteiger charge is -2.24. The SMILES string of the molecule is O=C(O)[C@H]1CCCCC[C@H]1NC(=O)[C@H]1CCCO1. The zero-order valence-corrected chi connectivity index (χ0v) is 10.6. The molecule has 0 spiro atoms. The van der Waals surface area contributed by atoms with Gasteiger partial charge in [-0.05, 0) is 25.7 Å². The van der Waals surface area contributed by atoms with Crippen LogP contribution in [0.4, 0.5) is 0 Å². The van der Waals surface area contributed by atoms with E-state index in [1.54, 1.807) is 0 Å². The minimum absolute atomic E-state index is 0.134. The molecule has 0 radical (unpaired) electrons. The second kappa shape index (κ2) is 6.18. The van der Waals surface area contributed by atoms with Crippen LogP contribution in [0.2, 0.25) is 0 Å². The van der Waals surface area contributed by atoms with Gasteiger partial charge >= 0.3 is 5.97 Å². The van der Waals surface area contributed by atoms with Gasteiger partial charge in [0.25, 0.3) is 0 Å². The van der Waals surface area contributed by atoms with E-state index in [1.165, 1.54) is 0 Å². The van der Waals surface area contributed by atoms with Gasteiger partial charge in [0, 0.05) is 12.6 Å². The first-order chi connectivity index (χ1) is 8.68. The van der Waals surface area contributed by atoms with Crippen LogP contribution in [-0.2, 0) is 14.3 Å². The highest BCUT2D eigenvalue weighted by Crippen LogP contribution is 2.24. The van der Waals surface area contributed by atoms with Crippen molar-refractivity contribution >= 4 is 11.9 Å². The lowest BCUT2D eigenvalue weighted by Crippen LogP contribution is -2.46. The molecule has 2 aliphatic rings. The van der Waals surface area contributed by atoms with E-state index < -0.39 is 11.9 Å². The average Bonchev–Trinajstić information content (AvgIpc) is 2.77. The van der Waals surface area contributed by atoms with E-state index >= 15 is 0 Å². The third-order valence-electron chi connectivity index (χ3n) is 3.88. The number of carbonyl (C=O) groups excluding carboxylic acids is 1. The predicted molar refractivity (Wildman–Crippen MR) is 65.1 cm³/mol. The Morgan fingerprint density at radius 3 is 2.50 bits per heavy atom. The van der Waals surface area contributed by atoms with Crippen LogP contribution in [0.1, 0.15) is 44.9 Å². The lowest BCUT2D eigenvalue weighted by molar-refractivity contribution is -0.143. The van der Waals surface area contributed by atoms with E-state index in [1.807, 2.05) is 0 Å². The molecule has 5 nitrogen and oxygen atoms in total. The molecule has 2 rings (SSSR count). The molecule has 5 heteroatoms. The molecule has 102 valence electrons. The van der Waals surface area contributed by atoms with Crippen molar-refractivity contribution in [1.29, 1.82) is 0 Å². The monoisotopic (exact) mass is 255 g/mol. The van der Waals surface area contributed by atoms with Gasteiger partial charge in [0.2, 0.25) is 5.91 Å². The summed E-state index contributed by atoms with van der Waals surface area (Å²) in [6.45, 7) is 0.630. The third-order valence-corrected chi connectivity index (χ3v) is 3.88. The summed E-state index contributed by atoms with van der Waals surface area (Å²) in [7, 11) is 0. The Hall–Kier alpha value is -1.10. The van der Waals surface area contributed by atoms with Crippen molar-refractivity contribution in [2.45, 2.75) is 57.1 Å². The number of carboxylic acids is 1. The van der Waals surface area contributed by atoms with E-state index in [-0.39, 0.29) is 18.1 Å². The van der Waals surface area contributed by atoms with Crippen molar-refractivity contribution in [3.8, 4) is 0 Å². The molecular weight excluding hydrogens is 234 g/mol. The molecule has 1 saturated heterocycles.